The van der Waals surface area contributed by atoms with Gasteiger partial charge in [0.05, 0.1) is 12.0 Å². The van der Waals surface area contributed by atoms with Gasteiger partial charge in [-0.3, -0.25) is 0 Å². The van der Waals surface area contributed by atoms with Gasteiger partial charge < -0.3 is 5.11 Å². The van der Waals surface area contributed by atoms with Gasteiger partial charge in [0.15, 0.2) is 0 Å². The van der Waals surface area contributed by atoms with E-state index < -0.39 is 18.2 Å². The van der Waals surface area contributed by atoms with Crippen molar-refractivity contribution in [3.8, 4) is 0 Å². The van der Waals surface area contributed by atoms with Crippen molar-refractivity contribution < 1.29 is 18.3 Å². The zero-order chi connectivity index (χ0) is 7.78. The van der Waals surface area contributed by atoms with Gasteiger partial charge in [0, 0.05) is 0 Å². The molecule has 2 atom stereocenters. The smallest absolute Gasteiger partial charge is 0.391 e. The maximum atomic E-state index is 11.8. The summed E-state index contributed by atoms with van der Waals surface area (Å²) in [6.07, 6.45) is -4.55. The molecule has 1 N–H and O–H groups in total. The van der Waals surface area contributed by atoms with E-state index >= 15 is 0 Å². The Labute approximate surface area is 56.8 Å². The van der Waals surface area contributed by atoms with Crippen molar-refractivity contribution in [2.24, 2.45) is 5.92 Å². The van der Waals surface area contributed by atoms with E-state index in [1.165, 1.54) is 0 Å². The van der Waals surface area contributed by atoms with E-state index in [9.17, 15) is 13.2 Å². The van der Waals surface area contributed by atoms with Gasteiger partial charge in [-0.2, -0.15) is 13.2 Å². The standard InChI is InChI=1S/C6H9F3O/c7-6(8,9)4-1-2-5(10)3-4/h4-5,10H,1-3H2. The Morgan fingerprint density at radius 1 is 1.20 bits per heavy atom. The van der Waals surface area contributed by atoms with E-state index in [4.69, 9.17) is 5.11 Å². The number of hydrogen-bond acceptors (Lipinski definition) is 1. The minimum atomic E-state index is -4.10. The molecular formula is C6H9F3O. The van der Waals surface area contributed by atoms with Crippen LogP contribution in [0.15, 0.2) is 0 Å². The highest BCUT2D eigenvalue weighted by molar-refractivity contribution is 4.79. The third-order valence-corrected chi connectivity index (χ3v) is 1.87. The van der Waals surface area contributed by atoms with Crippen molar-refractivity contribution >= 4 is 0 Å². The first-order valence-electron chi connectivity index (χ1n) is 3.25. The lowest BCUT2D eigenvalue weighted by molar-refractivity contribution is -0.174. The summed E-state index contributed by atoms with van der Waals surface area (Å²) >= 11 is 0. The molecule has 0 radical (unpaired) electrons. The fourth-order valence-electron chi connectivity index (χ4n) is 1.25. The average Bonchev–Trinajstić information content (AvgIpc) is 2.11. The number of hydrogen-bond donors (Lipinski definition) is 1. The Morgan fingerprint density at radius 2 is 1.80 bits per heavy atom. The Morgan fingerprint density at radius 3 is 2.00 bits per heavy atom. The maximum absolute atomic E-state index is 11.8. The highest BCUT2D eigenvalue weighted by Crippen LogP contribution is 2.38. The SMILES string of the molecule is OC1CCC(C(F)(F)F)C1. The molecule has 0 spiro atoms. The predicted octanol–water partition coefficient (Wildman–Crippen LogP) is 1.71. The molecule has 60 valence electrons. The molecule has 1 fully saturated rings. The fourth-order valence-corrected chi connectivity index (χ4v) is 1.25. The summed E-state index contributed by atoms with van der Waals surface area (Å²) in [5, 5.41) is 8.76. The normalized spacial score (nSPS) is 34.8. The first-order chi connectivity index (χ1) is 4.50. The van der Waals surface area contributed by atoms with Gasteiger partial charge in [-0.1, -0.05) is 0 Å². The first-order valence-corrected chi connectivity index (χ1v) is 3.25. The molecule has 0 heterocycles. The molecule has 1 saturated carbocycles. The van der Waals surface area contributed by atoms with Crippen molar-refractivity contribution in [3.63, 3.8) is 0 Å². The summed E-state index contributed by atoms with van der Waals surface area (Å²) in [6, 6.07) is 0. The minimum absolute atomic E-state index is 0.0880. The van der Waals surface area contributed by atoms with Gasteiger partial charge in [-0.05, 0) is 19.3 Å². The average molecular weight is 154 g/mol. The van der Waals surface area contributed by atoms with E-state index in [1.807, 2.05) is 0 Å². The van der Waals surface area contributed by atoms with Crippen LogP contribution in [0.4, 0.5) is 13.2 Å². The molecule has 10 heavy (non-hydrogen) atoms. The van der Waals surface area contributed by atoms with Crippen LogP contribution in [0.5, 0.6) is 0 Å². The Kier molecular flexibility index (Phi) is 1.90. The summed E-state index contributed by atoms with van der Waals surface area (Å²) in [5.74, 6) is -1.26. The van der Waals surface area contributed by atoms with Crippen LogP contribution in [-0.4, -0.2) is 17.4 Å². The minimum Gasteiger partial charge on any atom is -0.393 e. The first kappa shape index (κ1) is 7.85. The van der Waals surface area contributed by atoms with E-state index in [1.54, 1.807) is 0 Å². The van der Waals surface area contributed by atoms with Gasteiger partial charge in [-0.15, -0.1) is 0 Å². The van der Waals surface area contributed by atoms with E-state index in [-0.39, 0.29) is 12.8 Å². The summed E-state index contributed by atoms with van der Waals surface area (Å²) in [7, 11) is 0. The van der Waals surface area contributed by atoms with Crippen LogP contribution in [0, 0.1) is 5.92 Å². The third-order valence-electron chi connectivity index (χ3n) is 1.87. The lowest BCUT2D eigenvalue weighted by atomic mass is 10.1. The Balaban J connectivity index is 2.45. The topological polar surface area (TPSA) is 20.2 Å². The molecule has 0 bridgehead atoms. The number of aliphatic hydroxyl groups is 1. The second kappa shape index (κ2) is 2.42. The molecule has 1 aliphatic rings. The lowest BCUT2D eigenvalue weighted by Crippen LogP contribution is -2.20. The van der Waals surface area contributed by atoms with E-state index in [0.717, 1.165) is 0 Å². The molecule has 0 saturated heterocycles. The molecular weight excluding hydrogens is 145 g/mol. The number of halogens is 3. The molecule has 1 nitrogen and oxygen atoms in total. The molecule has 1 rings (SSSR count). The van der Waals surface area contributed by atoms with Crippen molar-refractivity contribution in [3.05, 3.63) is 0 Å². The quantitative estimate of drug-likeness (QED) is 0.563. The van der Waals surface area contributed by atoms with Crippen LogP contribution in [0.1, 0.15) is 19.3 Å². The van der Waals surface area contributed by atoms with Gasteiger partial charge in [-0.25, -0.2) is 0 Å². The number of rotatable bonds is 0. The van der Waals surface area contributed by atoms with Crippen LogP contribution >= 0.6 is 0 Å². The fraction of sp³-hybridized carbons (Fsp3) is 1.00. The van der Waals surface area contributed by atoms with Crippen molar-refractivity contribution in [2.45, 2.75) is 31.5 Å². The Hall–Kier alpha value is -0.250. The summed E-state index contributed by atoms with van der Waals surface area (Å²) in [6.45, 7) is 0. The predicted molar refractivity (Wildman–Crippen MR) is 29.4 cm³/mol. The zero-order valence-corrected chi connectivity index (χ0v) is 5.36. The zero-order valence-electron chi connectivity index (χ0n) is 5.36. The number of aliphatic hydroxyl groups excluding tert-OH is 1. The van der Waals surface area contributed by atoms with Crippen LogP contribution in [0.3, 0.4) is 0 Å². The summed E-state index contributed by atoms with van der Waals surface area (Å²) in [4.78, 5) is 0. The molecule has 0 aromatic heterocycles. The van der Waals surface area contributed by atoms with Crippen LogP contribution in [0.2, 0.25) is 0 Å². The monoisotopic (exact) mass is 154 g/mol. The van der Waals surface area contributed by atoms with Crippen LogP contribution in [-0.2, 0) is 0 Å². The van der Waals surface area contributed by atoms with Gasteiger partial charge >= 0.3 is 6.18 Å². The van der Waals surface area contributed by atoms with Crippen LogP contribution in [0.25, 0.3) is 0 Å². The maximum Gasteiger partial charge on any atom is 0.391 e. The summed E-state index contributed by atoms with van der Waals surface area (Å²) < 4.78 is 35.5. The van der Waals surface area contributed by atoms with Crippen molar-refractivity contribution in [2.75, 3.05) is 0 Å². The summed E-state index contributed by atoms with van der Waals surface area (Å²) in [5.41, 5.74) is 0. The molecule has 1 aliphatic carbocycles. The lowest BCUT2D eigenvalue weighted by Gasteiger charge is -2.12. The molecule has 4 heteroatoms. The second-order valence-electron chi connectivity index (χ2n) is 2.71. The highest BCUT2D eigenvalue weighted by atomic mass is 19.4. The van der Waals surface area contributed by atoms with Crippen LogP contribution < -0.4 is 0 Å². The third kappa shape index (κ3) is 1.62. The second-order valence-corrected chi connectivity index (χ2v) is 2.71. The van der Waals surface area contributed by atoms with Gasteiger partial charge in [0.2, 0.25) is 0 Å². The highest BCUT2D eigenvalue weighted by Gasteiger charge is 2.43. The molecule has 0 aromatic rings. The Bertz CT molecular complexity index is 121. The van der Waals surface area contributed by atoms with Crippen molar-refractivity contribution in [1.82, 2.24) is 0 Å². The molecule has 0 aliphatic heterocycles. The van der Waals surface area contributed by atoms with E-state index in [2.05, 4.69) is 0 Å². The largest absolute Gasteiger partial charge is 0.393 e. The molecule has 2 unspecified atom stereocenters. The van der Waals surface area contributed by atoms with E-state index in [0.29, 0.717) is 6.42 Å². The molecule has 0 amide bonds. The number of alkyl halides is 3. The van der Waals surface area contributed by atoms with Crippen molar-refractivity contribution in [1.29, 1.82) is 0 Å². The van der Waals surface area contributed by atoms with Gasteiger partial charge in [0.1, 0.15) is 0 Å². The van der Waals surface area contributed by atoms with Gasteiger partial charge in [0.25, 0.3) is 0 Å². The molecule has 0 aromatic carbocycles.